The van der Waals surface area contributed by atoms with Gasteiger partial charge in [0.25, 0.3) is 0 Å². The molecule has 1 fully saturated rings. The molecule has 2 aromatic heterocycles. The van der Waals surface area contributed by atoms with Crippen LogP contribution in [0.15, 0.2) is 11.4 Å². The third-order valence-corrected chi connectivity index (χ3v) is 3.73. The number of rotatable bonds is 1. The van der Waals surface area contributed by atoms with Crippen molar-refractivity contribution in [3.63, 3.8) is 0 Å². The van der Waals surface area contributed by atoms with Crippen molar-refractivity contribution < 1.29 is 4.74 Å². The van der Waals surface area contributed by atoms with Crippen LogP contribution in [0.5, 0.6) is 0 Å². The second kappa shape index (κ2) is 4.12. The Hall–Kier alpha value is -0.980. The smallest absolute Gasteiger partial charge is 0.199 e. The number of hydrogen-bond donors (Lipinski definition) is 1. The minimum atomic E-state index is 0.549. The number of ether oxygens (including phenoxy) is 1. The number of morpholine rings is 1. The number of H-pyrrole nitrogens is 1. The molecular formula is C10H11N3OS2. The summed E-state index contributed by atoms with van der Waals surface area (Å²) in [7, 11) is 0. The number of aromatic amines is 1. The van der Waals surface area contributed by atoms with Crippen molar-refractivity contribution in [2.24, 2.45) is 0 Å². The van der Waals surface area contributed by atoms with Gasteiger partial charge in [-0.15, -0.1) is 11.3 Å². The van der Waals surface area contributed by atoms with Gasteiger partial charge in [-0.05, 0) is 23.7 Å². The Morgan fingerprint density at radius 2 is 2.25 bits per heavy atom. The van der Waals surface area contributed by atoms with Crippen LogP contribution in [0.2, 0.25) is 0 Å². The van der Waals surface area contributed by atoms with Crippen LogP contribution >= 0.6 is 23.6 Å². The maximum absolute atomic E-state index is 5.35. The second-order valence-corrected chi connectivity index (χ2v) is 4.93. The third kappa shape index (κ3) is 1.73. The quantitative estimate of drug-likeness (QED) is 0.791. The van der Waals surface area contributed by atoms with Gasteiger partial charge in [-0.25, -0.2) is 4.98 Å². The van der Waals surface area contributed by atoms with Crippen LogP contribution in [-0.4, -0.2) is 36.3 Å². The second-order valence-electron chi connectivity index (χ2n) is 3.63. The van der Waals surface area contributed by atoms with Crippen LogP contribution in [0.25, 0.3) is 10.2 Å². The van der Waals surface area contributed by atoms with Gasteiger partial charge in [0.15, 0.2) is 10.6 Å². The standard InChI is InChI=1S/C10H11N3OS2/c15-10-11-7-1-6-16-8(7)9(12-10)13-2-4-14-5-3-13/h1,6H,2-5H2,(H,11,12,15). The number of hydrogen-bond acceptors (Lipinski definition) is 5. The van der Waals surface area contributed by atoms with E-state index in [1.807, 2.05) is 6.07 Å². The molecule has 6 heteroatoms. The number of anilines is 1. The molecular weight excluding hydrogens is 242 g/mol. The predicted molar refractivity (Wildman–Crippen MR) is 67.8 cm³/mol. The number of aromatic nitrogens is 2. The fourth-order valence-corrected chi connectivity index (χ4v) is 2.92. The van der Waals surface area contributed by atoms with Gasteiger partial charge in [-0.1, -0.05) is 0 Å². The summed E-state index contributed by atoms with van der Waals surface area (Å²) >= 11 is 6.84. The molecule has 0 aromatic carbocycles. The zero-order valence-electron chi connectivity index (χ0n) is 8.60. The first kappa shape index (κ1) is 10.2. The van der Waals surface area contributed by atoms with Crippen molar-refractivity contribution in [3.05, 3.63) is 16.2 Å². The lowest BCUT2D eigenvalue weighted by Gasteiger charge is -2.27. The Balaban J connectivity index is 2.13. The monoisotopic (exact) mass is 253 g/mol. The lowest BCUT2D eigenvalue weighted by atomic mass is 10.3. The number of nitrogens with zero attached hydrogens (tertiary/aromatic N) is 2. The van der Waals surface area contributed by atoms with Crippen molar-refractivity contribution in [3.8, 4) is 0 Å². The third-order valence-electron chi connectivity index (χ3n) is 2.63. The Kier molecular flexibility index (Phi) is 2.62. The molecule has 0 unspecified atom stereocenters. The van der Waals surface area contributed by atoms with Crippen LogP contribution in [0.3, 0.4) is 0 Å². The molecule has 1 aliphatic rings. The van der Waals surface area contributed by atoms with E-state index in [-0.39, 0.29) is 0 Å². The molecule has 84 valence electrons. The molecule has 0 atom stereocenters. The Morgan fingerprint density at radius 3 is 3.06 bits per heavy atom. The first-order valence-corrected chi connectivity index (χ1v) is 6.43. The van der Waals surface area contributed by atoms with E-state index in [4.69, 9.17) is 17.0 Å². The zero-order valence-corrected chi connectivity index (χ0v) is 10.2. The molecule has 1 N–H and O–H groups in total. The summed E-state index contributed by atoms with van der Waals surface area (Å²) in [5.74, 6) is 0.997. The van der Waals surface area contributed by atoms with E-state index in [9.17, 15) is 0 Å². The van der Waals surface area contributed by atoms with E-state index in [2.05, 4.69) is 20.2 Å². The summed E-state index contributed by atoms with van der Waals surface area (Å²) in [6.45, 7) is 3.30. The van der Waals surface area contributed by atoms with Crippen molar-refractivity contribution in [1.29, 1.82) is 0 Å². The highest BCUT2D eigenvalue weighted by molar-refractivity contribution is 7.71. The molecule has 4 nitrogen and oxygen atoms in total. The summed E-state index contributed by atoms with van der Waals surface area (Å²) < 4.78 is 7.07. The number of nitrogens with one attached hydrogen (secondary N) is 1. The lowest BCUT2D eigenvalue weighted by Crippen LogP contribution is -2.36. The van der Waals surface area contributed by atoms with Crippen LogP contribution in [0, 0.1) is 4.77 Å². The van der Waals surface area contributed by atoms with Gasteiger partial charge in [0.1, 0.15) is 0 Å². The van der Waals surface area contributed by atoms with E-state index in [0.29, 0.717) is 4.77 Å². The summed E-state index contributed by atoms with van der Waals surface area (Å²) in [6.07, 6.45) is 0. The van der Waals surface area contributed by atoms with Gasteiger partial charge in [0, 0.05) is 13.1 Å². The largest absolute Gasteiger partial charge is 0.378 e. The molecule has 0 amide bonds. The maximum atomic E-state index is 5.35. The van der Waals surface area contributed by atoms with Gasteiger partial charge >= 0.3 is 0 Å². The molecule has 1 saturated heterocycles. The fraction of sp³-hybridized carbons (Fsp3) is 0.400. The molecule has 0 spiro atoms. The van der Waals surface area contributed by atoms with E-state index < -0.39 is 0 Å². The highest BCUT2D eigenvalue weighted by atomic mass is 32.1. The van der Waals surface area contributed by atoms with Crippen LogP contribution in [-0.2, 0) is 4.74 Å². The average Bonchev–Trinajstić information content (AvgIpc) is 2.77. The van der Waals surface area contributed by atoms with Gasteiger partial charge in [0.05, 0.1) is 23.4 Å². The van der Waals surface area contributed by atoms with Gasteiger partial charge < -0.3 is 14.6 Å². The Morgan fingerprint density at radius 1 is 1.44 bits per heavy atom. The number of thiophene rings is 1. The van der Waals surface area contributed by atoms with Crippen LogP contribution in [0.4, 0.5) is 5.82 Å². The van der Waals surface area contributed by atoms with E-state index in [1.165, 1.54) is 4.70 Å². The van der Waals surface area contributed by atoms with E-state index >= 15 is 0 Å². The highest BCUT2D eigenvalue weighted by Crippen LogP contribution is 2.28. The molecule has 3 heterocycles. The Labute approximate surface area is 102 Å². The maximum Gasteiger partial charge on any atom is 0.199 e. The molecule has 0 aliphatic carbocycles. The van der Waals surface area contributed by atoms with Crippen molar-refractivity contribution in [1.82, 2.24) is 9.97 Å². The molecule has 0 radical (unpaired) electrons. The van der Waals surface area contributed by atoms with Crippen molar-refractivity contribution in [2.45, 2.75) is 0 Å². The molecule has 2 aromatic rings. The molecule has 3 rings (SSSR count). The minimum Gasteiger partial charge on any atom is -0.378 e. The summed E-state index contributed by atoms with van der Waals surface area (Å²) in [5, 5.41) is 2.06. The first-order chi connectivity index (χ1) is 7.84. The topological polar surface area (TPSA) is 41.2 Å². The minimum absolute atomic E-state index is 0.549. The molecule has 0 saturated carbocycles. The van der Waals surface area contributed by atoms with Crippen molar-refractivity contribution in [2.75, 3.05) is 31.2 Å². The first-order valence-electron chi connectivity index (χ1n) is 5.15. The van der Waals surface area contributed by atoms with Crippen LogP contribution < -0.4 is 4.90 Å². The van der Waals surface area contributed by atoms with Gasteiger partial charge in [-0.3, -0.25) is 0 Å². The molecule has 16 heavy (non-hydrogen) atoms. The fourth-order valence-electron chi connectivity index (χ4n) is 1.86. The van der Waals surface area contributed by atoms with Gasteiger partial charge in [-0.2, -0.15) is 0 Å². The summed E-state index contributed by atoms with van der Waals surface area (Å²) in [5.41, 5.74) is 1.08. The Bertz CT molecular complexity index is 556. The van der Waals surface area contributed by atoms with Gasteiger partial charge in [0.2, 0.25) is 0 Å². The average molecular weight is 253 g/mol. The SMILES string of the molecule is S=c1nc(N2CCOCC2)c2sccc2[nH]1. The zero-order chi connectivity index (χ0) is 11.0. The number of fused-ring (bicyclic) bond motifs is 1. The lowest BCUT2D eigenvalue weighted by molar-refractivity contribution is 0.122. The highest BCUT2D eigenvalue weighted by Gasteiger charge is 2.16. The van der Waals surface area contributed by atoms with Crippen LogP contribution in [0.1, 0.15) is 0 Å². The van der Waals surface area contributed by atoms with Crippen molar-refractivity contribution >= 4 is 39.6 Å². The summed E-state index contributed by atoms with van der Waals surface area (Å²) in [4.78, 5) is 9.78. The normalized spacial score (nSPS) is 16.9. The van der Waals surface area contributed by atoms with E-state index in [1.54, 1.807) is 11.3 Å². The van der Waals surface area contributed by atoms with E-state index in [0.717, 1.165) is 37.6 Å². The summed E-state index contributed by atoms with van der Waals surface area (Å²) in [6, 6.07) is 2.04. The predicted octanol–water partition coefficient (Wildman–Crippen LogP) is 2.19. The molecule has 1 aliphatic heterocycles. The molecule has 0 bridgehead atoms.